The molecular formula is C23H20F2N4O3. The Morgan fingerprint density at radius 3 is 2.50 bits per heavy atom. The summed E-state index contributed by atoms with van der Waals surface area (Å²) in [5.41, 5.74) is 0.126. The first kappa shape index (κ1) is 21.5. The highest BCUT2D eigenvalue weighted by molar-refractivity contribution is 5.81. The molecule has 0 aliphatic carbocycles. The minimum Gasteiger partial charge on any atom is -0.494 e. The van der Waals surface area contributed by atoms with Crippen molar-refractivity contribution in [2.75, 3.05) is 26.8 Å². The van der Waals surface area contributed by atoms with Gasteiger partial charge in [-0.1, -0.05) is 18.2 Å². The molecule has 0 atom stereocenters. The molecular weight excluding hydrogens is 418 g/mol. The molecule has 1 aliphatic rings. The van der Waals surface area contributed by atoms with E-state index in [9.17, 15) is 13.6 Å². The second-order valence-electron chi connectivity index (χ2n) is 7.44. The Balaban J connectivity index is 1.90. The fourth-order valence-electron chi connectivity index (χ4n) is 3.41. The fraction of sp³-hybridized carbons (Fsp3) is 0.261. The van der Waals surface area contributed by atoms with Crippen molar-refractivity contribution in [2.45, 2.75) is 0 Å². The Labute approximate surface area is 183 Å². The Kier molecular flexibility index (Phi) is 5.88. The third-order valence-electron chi connectivity index (χ3n) is 5.35. The van der Waals surface area contributed by atoms with Gasteiger partial charge in [0.25, 0.3) is 11.6 Å². The maximum atomic E-state index is 14.4. The summed E-state index contributed by atoms with van der Waals surface area (Å²) < 4.78 is 40.8. The maximum absolute atomic E-state index is 14.4. The zero-order chi connectivity index (χ0) is 22.8. The molecule has 0 radical (unpaired) electrons. The average Bonchev–Trinajstić information content (AvgIpc) is 2.75. The van der Waals surface area contributed by atoms with Crippen LogP contribution in [0, 0.1) is 24.1 Å². The maximum Gasteiger partial charge on any atom is 0.299 e. The number of hydrogen-bond donors (Lipinski definition) is 1. The van der Waals surface area contributed by atoms with Crippen molar-refractivity contribution in [3.63, 3.8) is 0 Å². The van der Waals surface area contributed by atoms with E-state index in [1.807, 2.05) is 0 Å². The predicted molar refractivity (Wildman–Crippen MR) is 115 cm³/mol. The van der Waals surface area contributed by atoms with Gasteiger partial charge in [-0.2, -0.15) is 4.98 Å². The second kappa shape index (κ2) is 8.77. The van der Waals surface area contributed by atoms with Crippen LogP contribution in [0.2, 0.25) is 0 Å². The molecule has 9 heteroatoms. The molecule has 7 nitrogen and oxygen atoms in total. The van der Waals surface area contributed by atoms with E-state index < -0.39 is 17.2 Å². The van der Waals surface area contributed by atoms with Gasteiger partial charge in [-0.3, -0.25) is 9.36 Å². The minimum atomic E-state index is -0.741. The van der Waals surface area contributed by atoms with Crippen molar-refractivity contribution in [3.05, 3.63) is 69.8 Å². The molecule has 32 heavy (non-hydrogen) atoms. The Morgan fingerprint density at radius 1 is 1.19 bits per heavy atom. The summed E-state index contributed by atoms with van der Waals surface area (Å²) in [4.78, 5) is 20.9. The van der Waals surface area contributed by atoms with Crippen LogP contribution in [-0.2, 0) is 7.05 Å². The lowest BCUT2D eigenvalue weighted by Gasteiger charge is -2.27. The van der Waals surface area contributed by atoms with Gasteiger partial charge < -0.3 is 14.8 Å². The highest BCUT2D eigenvalue weighted by Crippen LogP contribution is 2.33. The van der Waals surface area contributed by atoms with Gasteiger partial charge in [-0.15, -0.1) is 0 Å². The summed E-state index contributed by atoms with van der Waals surface area (Å²) in [6, 6.07) is 8.14. The molecule has 1 saturated heterocycles. The molecule has 0 amide bonds. The Bertz CT molecular complexity index is 1280. The number of ether oxygens (including phenoxy) is 2. The van der Waals surface area contributed by atoms with Gasteiger partial charge in [0.1, 0.15) is 5.82 Å². The largest absolute Gasteiger partial charge is 0.494 e. The highest BCUT2D eigenvalue weighted by Gasteiger charge is 2.23. The minimum absolute atomic E-state index is 0.0293. The number of rotatable bonds is 6. The van der Waals surface area contributed by atoms with Crippen LogP contribution < -0.4 is 20.3 Å². The van der Waals surface area contributed by atoms with Crippen LogP contribution in [0.15, 0.2) is 41.2 Å². The summed E-state index contributed by atoms with van der Waals surface area (Å²) >= 11 is 0. The molecule has 3 aromatic rings. The SMILES string of the molecule is [C-]#[N+]c1ccc(-c2nc(OCC3CNC3)n(C)c(=O)c2-c2ccc(OC)c(F)c2)cc1F. The van der Waals surface area contributed by atoms with E-state index >= 15 is 0 Å². The molecule has 1 fully saturated rings. The Morgan fingerprint density at radius 2 is 1.91 bits per heavy atom. The molecule has 0 spiro atoms. The van der Waals surface area contributed by atoms with E-state index in [4.69, 9.17) is 16.0 Å². The normalized spacial score (nSPS) is 13.3. The summed E-state index contributed by atoms with van der Waals surface area (Å²) in [6.07, 6.45) is 0. The molecule has 0 unspecified atom stereocenters. The van der Waals surface area contributed by atoms with Gasteiger partial charge in [-0.25, -0.2) is 13.6 Å². The summed E-state index contributed by atoms with van der Waals surface area (Å²) in [5, 5.41) is 3.14. The first-order valence-corrected chi connectivity index (χ1v) is 9.88. The van der Waals surface area contributed by atoms with Crippen molar-refractivity contribution in [1.82, 2.24) is 14.9 Å². The third-order valence-corrected chi connectivity index (χ3v) is 5.35. The fourth-order valence-corrected chi connectivity index (χ4v) is 3.41. The molecule has 0 saturated carbocycles. The zero-order valence-electron chi connectivity index (χ0n) is 17.5. The molecule has 1 aliphatic heterocycles. The molecule has 164 valence electrons. The summed E-state index contributed by atoms with van der Waals surface area (Å²) in [6.45, 7) is 9.05. The molecule has 4 rings (SSSR count). The smallest absolute Gasteiger partial charge is 0.299 e. The van der Waals surface area contributed by atoms with Crippen LogP contribution >= 0.6 is 0 Å². The Hall–Kier alpha value is -3.77. The van der Waals surface area contributed by atoms with E-state index in [2.05, 4.69) is 15.1 Å². The summed E-state index contributed by atoms with van der Waals surface area (Å²) in [5.74, 6) is -1.05. The monoisotopic (exact) mass is 438 g/mol. The number of nitrogens with zero attached hydrogens (tertiary/aromatic N) is 3. The number of benzene rings is 2. The third kappa shape index (κ3) is 3.92. The van der Waals surface area contributed by atoms with E-state index in [0.29, 0.717) is 12.5 Å². The lowest BCUT2D eigenvalue weighted by atomic mass is 9.99. The van der Waals surface area contributed by atoms with Gasteiger partial charge >= 0.3 is 0 Å². The number of methoxy groups -OCH3 is 1. The molecule has 2 heterocycles. The van der Waals surface area contributed by atoms with Gasteiger partial charge in [0.15, 0.2) is 11.6 Å². The van der Waals surface area contributed by atoms with Crippen LogP contribution in [0.5, 0.6) is 11.8 Å². The van der Waals surface area contributed by atoms with E-state index in [-0.39, 0.29) is 39.8 Å². The molecule has 2 aromatic carbocycles. The van der Waals surface area contributed by atoms with Crippen molar-refractivity contribution >= 4 is 5.69 Å². The first-order chi connectivity index (χ1) is 15.4. The van der Waals surface area contributed by atoms with E-state index in [1.165, 1.54) is 49.1 Å². The lowest BCUT2D eigenvalue weighted by Crippen LogP contribution is -2.45. The standard InChI is InChI=1S/C23H20F2N4O3/c1-26-18-6-4-15(9-16(18)24)21-20(14-5-7-19(31-3)17(25)8-14)22(30)29(2)23(28-21)32-12-13-10-27-11-13/h4-9,13,27H,10-12H2,2-3H3. The second-order valence-corrected chi connectivity index (χ2v) is 7.44. The van der Waals surface area contributed by atoms with Crippen LogP contribution in [0.4, 0.5) is 14.5 Å². The molecule has 1 N–H and O–H groups in total. The zero-order valence-corrected chi connectivity index (χ0v) is 17.5. The van der Waals surface area contributed by atoms with Gasteiger partial charge in [0.05, 0.1) is 31.5 Å². The van der Waals surface area contributed by atoms with E-state index in [1.54, 1.807) is 0 Å². The number of nitrogens with one attached hydrogen (secondary N) is 1. The van der Waals surface area contributed by atoms with Crippen molar-refractivity contribution in [3.8, 4) is 34.1 Å². The number of halogens is 2. The summed E-state index contributed by atoms with van der Waals surface area (Å²) in [7, 11) is 2.86. The van der Waals surface area contributed by atoms with Gasteiger partial charge in [0, 0.05) is 31.6 Å². The van der Waals surface area contributed by atoms with Crippen LogP contribution in [0.25, 0.3) is 27.2 Å². The lowest BCUT2D eigenvalue weighted by molar-refractivity contribution is 0.181. The van der Waals surface area contributed by atoms with Crippen molar-refractivity contribution < 1.29 is 18.3 Å². The van der Waals surface area contributed by atoms with Crippen LogP contribution in [0.1, 0.15) is 0 Å². The number of aromatic nitrogens is 2. The quantitative estimate of drug-likeness (QED) is 0.596. The highest BCUT2D eigenvalue weighted by atomic mass is 19.1. The van der Waals surface area contributed by atoms with Crippen LogP contribution in [0.3, 0.4) is 0 Å². The van der Waals surface area contributed by atoms with Gasteiger partial charge in [-0.05, 0) is 23.8 Å². The van der Waals surface area contributed by atoms with Gasteiger partial charge in [0.2, 0.25) is 5.69 Å². The van der Waals surface area contributed by atoms with E-state index in [0.717, 1.165) is 19.2 Å². The first-order valence-electron chi connectivity index (χ1n) is 9.88. The number of hydrogen-bond acceptors (Lipinski definition) is 5. The molecule has 0 bridgehead atoms. The topological polar surface area (TPSA) is 69.7 Å². The molecule has 1 aromatic heterocycles. The van der Waals surface area contributed by atoms with Crippen molar-refractivity contribution in [1.29, 1.82) is 0 Å². The van der Waals surface area contributed by atoms with Crippen LogP contribution in [-0.4, -0.2) is 36.4 Å². The van der Waals surface area contributed by atoms with Crippen molar-refractivity contribution in [2.24, 2.45) is 13.0 Å². The predicted octanol–water partition coefficient (Wildman–Crippen LogP) is 3.55. The average molecular weight is 438 g/mol.